The van der Waals surface area contributed by atoms with E-state index >= 15 is 0 Å². The number of hydrogen-bond donors (Lipinski definition) is 2. The number of hydrogen-bond acceptors (Lipinski definition) is 3. The summed E-state index contributed by atoms with van der Waals surface area (Å²) in [5.74, 6) is 0. The SMILES string of the molecule is CC1NCCCC1OCCCCCO. The molecule has 84 valence electrons. The highest BCUT2D eigenvalue weighted by Crippen LogP contribution is 2.12. The maximum Gasteiger partial charge on any atom is 0.0725 e. The van der Waals surface area contributed by atoms with Crippen molar-refractivity contribution in [2.75, 3.05) is 19.8 Å². The minimum atomic E-state index is 0.307. The lowest BCUT2D eigenvalue weighted by molar-refractivity contribution is 0.0105. The van der Waals surface area contributed by atoms with E-state index in [1.165, 1.54) is 12.8 Å². The molecule has 1 saturated heterocycles. The fourth-order valence-electron chi connectivity index (χ4n) is 1.87. The van der Waals surface area contributed by atoms with E-state index < -0.39 is 0 Å². The molecule has 2 unspecified atom stereocenters. The molecule has 0 bridgehead atoms. The van der Waals surface area contributed by atoms with Gasteiger partial charge in [0.25, 0.3) is 0 Å². The monoisotopic (exact) mass is 201 g/mol. The first kappa shape index (κ1) is 12.0. The molecule has 1 fully saturated rings. The molecule has 1 heterocycles. The molecule has 3 nitrogen and oxygen atoms in total. The summed E-state index contributed by atoms with van der Waals surface area (Å²) in [6.07, 6.45) is 5.87. The van der Waals surface area contributed by atoms with Crippen LogP contribution in [0.5, 0.6) is 0 Å². The van der Waals surface area contributed by atoms with Gasteiger partial charge in [-0.15, -0.1) is 0 Å². The van der Waals surface area contributed by atoms with Gasteiger partial charge in [0.15, 0.2) is 0 Å². The smallest absolute Gasteiger partial charge is 0.0725 e. The quantitative estimate of drug-likeness (QED) is 0.637. The van der Waals surface area contributed by atoms with E-state index in [1.807, 2.05) is 0 Å². The molecule has 0 spiro atoms. The molecule has 0 saturated carbocycles. The minimum Gasteiger partial charge on any atom is -0.396 e. The van der Waals surface area contributed by atoms with Gasteiger partial charge in [0.05, 0.1) is 6.10 Å². The molecule has 0 aliphatic carbocycles. The van der Waals surface area contributed by atoms with Crippen molar-refractivity contribution in [1.82, 2.24) is 5.32 Å². The number of ether oxygens (including phenoxy) is 1. The van der Waals surface area contributed by atoms with Crippen LogP contribution < -0.4 is 5.32 Å². The molecule has 0 aromatic heterocycles. The topological polar surface area (TPSA) is 41.5 Å². The molecular weight excluding hydrogens is 178 g/mol. The summed E-state index contributed by atoms with van der Waals surface area (Å²) in [5, 5.41) is 12.0. The van der Waals surface area contributed by atoms with Gasteiger partial charge in [-0.05, 0) is 45.6 Å². The summed E-state index contributed by atoms with van der Waals surface area (Å²) >= 11 is 0. The van der Waals surface area contributed by atoms with E-state index in [1.54, 1.807) is 0 Å². The first-order valence-corrected chi connectivity index (χ1v) is 5.80. The van der Waals surface area contributed by atoms with E-state index in [9.17, 15) is 0 Å². The average Bonchev–Trinajstić information content (AvgIpc) is 2.20. The lowest BCUT2D eigenvalue weighted by Gasteiger charge is -2.29. The molecule has 0 amide bonds. The second-order valence-electron chi connectivity index (χ2n) is 4.08. The standard InChI is InChI=1S/C11H23NO2/c1-10-11(6-5-7-12-10)14-9-4-2-3-8-13/h10-13H,2-9H2,1H3. The van der Waals surface area contributed by atoms with Crippen LogP contribution in [0, 0.1) is 0 Å². The average molecular weight is 201 g/mol. The highest BCUT2D eigenvalue weighted by atomic mass is 16.5. The third-order valence-electron chi connectivity index (χ3n) is 2.82. The molecule has 3 heteroatoms. The highest BCUT2D eigenvalue weighted by Gasteiger charge is 2.20. The van der Waals surface area contributed by atoms with Gasteiger partial charge in [0, 0.05) is 19.3 Å². The normalized spacial score (nSPS) is 27.9. The van der Waals surface area contributed by atoms with Crippen molar-refractivity contribution in [3.8, 4) is 0 Å². The Bertz CT molecular complexity index is 141. The Labute approximate surface area is 86.8 Å². The summed E-state index contributed by atoms with van der Waals surface area (Å²) in [6.45, 7) is 4.47. The Morgan fingerprint density at radius 3 is 2.93 bits per heavy atom. The summed E-state index contributed by atoms with van der Waals surface area (Å²) in [6, 6.07) is 0.501. The molecule has 2 atom stereocenters. The van der Waals surface area contributed by atoms with Crippen molar-refractivity contribution in [2.45, 2.75) is 51.2 Å². The maximum atomic E-state index is 8.61. The Hall–Kier alpha value is -0.120. The van der Waals surface area contributed by atoms with Crippen molar-refractivity contribution in [3.63, 3.8) is 0 Å². The Morgan fingerprint density at radius 1 is 1.36 bits per heavy atom. The first-order chi connectivity index (χ1) is 6.84. The van der Waals surface area contributed by atoms with Crippen LogP contribution in [-0.4, -0.2) is 37.0 Å². The van der Waals surface area contributed by atoms with Gasteiger partial charge >= 0.3 is 0 Å². The van der Waals surface area contributed by atoms with Crippen LogP contribution in [-0.2, 0) is 4.74 Å². The van der Waals surface area contributed by atoms with E-state index in [0.29, 0.717) is 18.8 Å². The summed E-state index contributed by atoms with van der Waals surface area (Å²) in [7, 11) is 0. The zero-order valence-corrected chi connectivity index (χ0v) is 9.17. The fourth-order valence-corrected chi connectivity index (χ4v) is 1.87. The van der Waals surface area contributed by atoms with Gasteiger partial charge in [-0.1, -0.05) is 0 Å². The zero-order chi connectivity index (χ0) is 10.2. The fraction of sp³-hybridized carbons (Fsp3) is 1.00. The van der Waals surface area contributed by atoms with Gasteiger partial charge in [-0.3, -0.25) is 0 Å². The first-order valence-electron chi connectivity index (χ1n) is 5.80. The number of piperidine rings is 1. The summed E-state index contributed by atoms with van der Waals surface area (Å²) in [4.78, 5) is 0. The van der Waals surface area contributed by atoms with Crippen LogP contribution in [0.1, 0.15) is 39.0 Å². The predicted molar refractivity (Wildman–Crippen MR) is 57.4 cm³/mol. The maximum absolute atomic E-state index is 8.61. The molecule has 1 aliphatic heterocycles. The molecule has 0 aromatic carbocycles. The van der Waals surface area contributed by atoms with E-state index in [0.717, 1.165) is 32.4 Å². The second-order valence-corrected chi connectivity index (χ2v) is 4.08. The summed E-state index contributed by atoms with van der Waals surface area (Å²) < 4.78 is 5.80. The minimum absolute atomic E-state index is 0.307. The molecule has 0 radical (unpaired) electrons. The van der Waals surface area contributed by atoms with E-state index in [2.05, 4.69) is 12.2 Å². The van der Waals surface area contributed by atoms with Crippen molar-refractivity contribution in [2.24, 2.45) is 0 Å². The predicted octanol–water partition coefficient (Wildman–Crippen LogP) is 1.31. The van der Waals surface area contributed by atoms with Crippen LogP contribution in [0.2, 0.25) is 0 Å². The number of aliphatic hydroxyl groups is 1. The number of aliphatic hydroxyl groups excluding tert-OH is 1. The lowest BCUT2D eigenvalue weighted by Crippen LogP contribution is -2.44. The number of nitrogens with one attached hydrogen (secondary N) is 1. The van der Waals surface area contributed by atoms with Gasteiger partial charge < -0.3 is 15.2 Å². The van der Waals surface area contributed by atoms with Crippen LogP contribution in [0.25, 0.3) is 0 Å². The van der Waals surface area contributed by atoms with E-state index in [4.69, 9.17) is 9.84 Å². The Morgan fingerprint density at radius 2 is 2.21 bits per heavy atom. The molecule has 1 aliphatic rings. The van der Waals surface area contributed by atoms with Crippen LogP contribution in [0.3, 0.4) is 0 Å². The Balaban J connectivity index is 1.99. The van der Waals surface area contributed by atoms with Gasteiger partial charge in [0.2, 0.25) is 0 Å². The number of rotatable bonds is 6. The Kier molecular flexibility index (Phi) is 6.15. The van der Waals surface area contributed by atoms with Gasteiger partial charge in [-0.2, -0.15) is 0 Å². The van der Waals surface area contributed by atoms with Gasteiger partial charge in [0.1, 0.15) is 0 Å². The van der Waals surface area contributed by atoms with E-state index in [-0.39, 0.29) is 0 Å². The third-order valence-corrected chi connectivity index (χ3v) is 2.82. The lowest BCUT2D eigenvalue weighted by atomic mass is 10.0. The number of unbranched alkanes of at least 4 members (excludes halogenated alkanes) is 2. The van der Waals surface area contributed by atoms with Gasteiger partial charge in [-0.25, -0.2) is 0 Å². The molecular formula is C11H23NO2. The second kappa shape index (κ2) is 7.21. The summed E-state index contributed by atoms with van der Waals surface area (Å²) in [5.41, 5.74) is 0. The van der Waals surface area contributed by atoms with Crippen molar-refractivity contribution < 1.29 is 9.84 Å². The molecule has 2 N–H and O–H groups in total. The molecule has 1 rings (SSSR count). The van der Waals surface area contributed by atoms with Crippen LogP contribution in [0.15, 0.2) is 0 Å². The van der Waals surface area contributed by atoms with Crippen molar-refractivity contribution in [1.29, 1.82) is 0 Å². The molecule has 0 aromatic rings. The van der Waals surface area contributed by atoms with Crippen molar-refractivity contribution in [3.05, 3.63) is 0 Å². The highest BCUT2D eigenvalue weighted by molar-refractivity contribution is 4.77. The largest absolute Gasteiger partial charge is 0.396 e. The third kappa shape index (κ3) is 4.40. The molecule has 14 heavy (non-hydrogen) atoms. The van der Waals surface area contributed by atoms with Crippen LogP contribution >= 0.6 is 0 Å². The van der Waals surface area contributed by atoms with Crippen molar-refractivity contribution >= 4 is 0 Å². The van der Waals surface area contributed by atoms with Crippen LogP contribution in [0.4, 0.5) is 0 Å². The zero-order valence-electron chi connectivity index (χ0n) is 9.17.